The molecule has 1 heterocycles. The van der Waals surface area contributed by atoms with E-state index in [1.165, 1.54) is 24.3 Å². The molecule has 4 rings (SSSR count). The Bertz CT molecular complexity index is 1490. The van der Waals surface area contributed by atoms with E-state index in [0.29, 0.717) is 12.8 Å². The number of hydrogen-bond donors (Lipinski definition) is 1. The van der Waals surface area contributed by atoms with Crippen LogP contribution < -0.4 is 9.62 Å². The fourth-order valence-electron chi connectivity index (χ4n) is 4.59. The van der Waals surface area contributed by atoms with Gasteiger partial charge in [-0.25, -0.2) is 21.6 Å². The second-order valence-electron chi connectivity index (χ2n) is 9.19. The third-order valence-corrected chi connectivity index (χ3v) is 7.07. The van der Waals surface area contributed by atoms with Gasteiger partial charge in [0.15, 0.2) is 11.6 Å². The van der Waals surface area contributed by atoms with Gasteiger partial charge in [0.1, 0.15) is 17.3 Å². The predicted octanol–water partition coefficient (Wildman–Crippen LogP) is 5.74. The highest BCUT2D eigenvalue weighted by Crippen LogP contribution is 2.36. The third kappa shape index (κ3) is 6.36. The van der Waals surface area contributed by atoms with Crippen LogP contribution in [0.2, 0.25) is 5.02 Å². The van der Waals surface area contributed by atoms with Crippen LogP contribution in [-0.2, 0) is 26.0 Å². The van der Waals surface area contributed by atoms with Crippen LogP contribution >= 0.6 is 11.6 Å². The zero-order valence-corrected chi connectivity index (χ0v) is 21.9. The standard InChI is InChI=1S/C27H24ClF3N2O4S/c1-38(36,37)32-25-7-3-2-6-21(25)18-13-23(30)26(24(31)14-18)33-10-4-5-17(27(33)35)12-20(34)11-16-8-9-19(28)15-22(16)29/h2-3,6-9,13-15,17,32H,4-5,10-12H2,1H3/t17-/m0/s1. The summed E-state index contributed by atoms with van der Waals surface area (Å²) < 4.78 is 70.4. The fraction of sp³-hybridized carbons (Fsp3) is 0.259. The molecule has 3 aromatic carbocycles. The number of nitrogens with zero attached hydrogens (tertiary/aromatic N) is 1. The summed E-state index contributed by atoms with van der Waals surface area (Å²) in [5.74, 6) is -4.40. The molecule has 0 spiro atoms. The summed E-state index contributed by atoms with van der Waals surface area (Å²) in [5.41, 5.74) is 0.0964. The molecule has 1 aliphatic rings. The molecule has 1 atom stereocenters. The van der Waals surface area contributed by atoms with Crippen molar-refractivity contribution in [3.63, 3.8) is 0 Å². The first-order valence-corrected chi connectivity index (χ1v) is 14.0. The van der Waals surface area contributed by atoms with E-state index in [0.717, 1.165) is 29.4 Å². The summed E-state index contributed by atoms with van der Waals surface area (Å²) in [6.45, 7) is 0.0642. The van der Waals surface area contributed by atoms with Gasteiger partial charge in [0, 0.05) is 35.9 Å². The topological polar surface area (TPSA) is 83.6 Å². The Kier molecular flexibility index (Phi) is 8.13. The number of piperidine rings is 1. The van der Waals surface area contributed by atoms with Crippen LogP contribution in [0, 0.1) is 23.4 Å². The van der Waals surface area contributed by atoms with Crippen molar-refractivity contribution in [2.75, 3.05) is 22.4 Å². The monoisotopic (exact) mass is 564 g/mol. The molecule has 1 saturated heterocycles. The normalized spacial score (nSPS) is 16.0. The molecule has 0 bridgehead atoms. The summed E-state index contributed by atoms with van der Waals surface area (Å²) in [6, 6.07) is 12.2. The molecule has 0 saturated carbocycles. The maximum Gasteiger partial charge on any atom is 0.230 e. The van der Waals surface area contributed by atoms with Crippen LogP contribution in [0.5, 0.6) is 0 Å². The molecule has 1 N–H and O–H groups in total. The zero-order valence-electron chi connectivity index (χ0n) is 20.3. The lowest BCUT2D eigenvalue weighted by atomic mass is 9.89. The first-order valence-electron chi connectivity index (χ1n) is 11.8. The quantitative estimate of drug-likeness (QED) is 0.378. The van der Waals surface area contributed by atoms with Crippen LogP contribution in [0.1, 0.15) is 24.8 Å². The fourth-order valence-corrected chi connectivity index (χ4v) is 5.32. The highest BCUT2D eigenvalue weighted by Gasteiger charge is 2.34. The van der Waals surface area contributed by atoms with Gasteiger partial charge in [0.25, 0.3) is 0 Å². The molecule has 0 aliphatic carbocycles. The highest BCUT2D eigenvalue weighted by molar-refractivity contribution is 7.92. The molecule has 0 aromatic heterocycles. The van der Waals surface area contributed by atoms with E-state index in [1.54, 1.807) is 12.1 Å². The molecule has 0 radical (unpaired) electrons. The summed E-state index contributed by atoms with van der Waals surface area (Å²) in [7, 11) is -3.65. The van der Waals surface area contributed by atoms with Gasteiger partial charge in [-0.3, -0.25) is 14.3 Å². The molecular formula is C27H24ClF3N2O4S. The van der Waals surface area contributed by atoms with Gasteiger partial charge in [0.05, 0.1) is 11.9 Å². The number of amides is 1. The Labute approximate surface area is 223 Å². The second kappa shape index (κ2) is 11.2. The van der Waals surface area contributed by atoms with Gasteiger partial charge in [0.2, 0.25) is 15.9 Å². The number of para-hydroxylation sites is 1. The third-order valence-electron chi connectivity index (χ3n) is 6.25. The lowest BCUT2D eigenvalue weighted by Crippen LogP contribution is -2.43. The van der Waals surface area contributed by atoms with Gasteiger partial charge in [-0.05, 0) is 54.3 Å². The van der Waals surface area contributed by atoms with Crippen molar-refractivity contribution in [3.05, 3.63) is 82.6 Å². The summed E-state index contributed by atoms with van der Waals surface area (Å²) in [4.78, 5) is 26.8. The van der Waals surface area contributed by atoms with Crippen molar-refractivity contribution in [2.24, 2.45) is 5.92 Å². The van der Waals surface area contributed by atoms with Crippen molar-refractivity contribution in [2.45, 2.75) is 25.7 Å². The number of halogens is 4. The number of carbonyl (C=O) groups is 2. The number of carbonyl (C=O) groups excluding carboxylic acids is 2. The van der Waals surface area contributed by atoms with Crippen molar-refractivity contribution in [3.8, 4) is 11.1 Å². The van der Waals surface area contributed by atoms with Crippen LogP contribution in [0.4, 0.5) is 24.5 Å². The minimum absolute atomic E-state index is 0.0642. The molecule has 200 valence electrons. The molecule has 38 heavy (non-hydrogen) atoms. The first-order chi connectivity index (χ1) is 17.9. The molecule has 1 aliphatic heterocycles. The van der Waals surface area contributed by atoms with E-state index in [9.17, 15) is 22.4 Å². The first kappa shape index (κ1) is 27.7. The van der Waals surface area contributed by atoms with Crippen LogP contribution in [-0.4, -0.2) is 32.9 Å². The average molecular weight is 565 g/mol. The number of hydrogen-bond acceptors (Lipinski definition) is 4. The summed E-state index contributed by atoms with van der Waals surface area (Å²) in [5, 5.41) is 0.196. The Hall–Kier alpha value is -3.37. The van der Waals surface area contributed by atoms with Gasteiger partial charge in [-0.15, -0.1) is 0 Å². The Morgan fingerprint density at radius 2 is 1.74 bits per heavy atom. The number of anilines is 2. The van der Waals surface area contributed by atoms with Gasteiger partial charge in [-0.2, -0.15) is 0 Å². The molecule has 3 aromatic rings. The van der Waals surface area contributed by atoms with Crippen LogP contribution in [0.15, 0.2) is 54.6 Å². The Morgan fingerprint density at radius 3 is 2.39 bits per heavy atom. The van der Waals surface area contributed by atoms with Crippen molar-refractivity contribution >= 4 is 44.7 Å². The van der Waals surface area contributed by atoms with Crippen molar-refractivity contribution in [1.82, 2.24) is 0 Å². The highest BCUT2D eigenvalue weighted by atomic mass is 35.5. The van der Waals surface area contributed by atoms with E-state index in [4.69, 9.17) is 11.6 Å². The Morgan fingerprint density at radius 1 is 1.05 bits per heavy atom. The summed E-state index contributed by atoms with van der Waals surface area (Å²) >= 11 is 5.74. The molecule has 1 fully saturated rings. The number of sulfonamides is 1. The number of Topliss-reactive ketones (excluding diaryl/α,β-unsaturated/α-hetero) is 1. The molecule has 1 amide bonds. The maximum atomic E-state index is 15.3. The summed E-state index contributed by atoms with van der Waals surface area (Å²) in [6.07, 6.45) is 1.31. The van der Waals surface area contributed by atoms with E-state index in [-0.39, 0.29) is 52.6 Å². The predicted molar refractivity (Wildman–Crippen MR) is 140 cm³/mol. The van der Waals surface area contributed by atoms with E-state index in [2.05, 4.69) is 4.72 Å². The number of nitrogens with one attached hydrogen (secondary N) is 1. The van der Waals surface area contributed by atoms with Crippen molar-refractivity contribution in [1.29, 1.82) is 0 Å². The molecule has 0 unspecified atom stereocenters. The molecule has 11 heteroatoms. The largest absolute Gasteiger partial charge is 0.307 e. The second-order valence-corrected chi connectivity index (χ2v) is 11.4. The zero-order chi connectivity index (χ0) is 27.6. The van der Waals surface area contributed by atoms with Crippen LogP contribution in [0.3, 0.4) is 0 Å². The van der Waals surface area contributed by atoms with Gasteiger partial charge < -0.3 is 4.90 Å². The minimum atomic E-state index is -3.65. The number of ketones is 1. The minimum Gasteiger partial charge on any atom is -0.307 e. The van der Waals surface area contributed by atoms with Gasteiger partial charge >= 0.3 is 0 Å². The maximum absolute atomic E-state index is 15.3. The lowest BCUT2D eigenvalue weighted by Gasteiger charge is -2.32. The smallest absolute Gasteiger partial charge is 0.230 e. The SMILES string of the molecule is CS(=O)(=O)Nc1ccccc1-c1cc(F)c(N2CCC[C@@H](CC(=O)Cc3ccc(Cl)cc3F)C2=O)c(F)c1. The van der Waals surface area contributed by atoms with E-state index in [1.807, 2.05) is 0 Å². The van der Waals surface area contributed by atoms with E-state index >= 15 is 8.78 Å². The molecular weight excluding hydrogens is 541 g/mol. The number of rotatable bonds is 8. The van der Waals surface area contributed by atoms with E-state index < -0.39 is 45.0 Å². The average Bonchev–Trinajstić information content (AvgIpc) is 2.82. The Balaban J connectivity index is 1.55. The lowest BCUT2D eigenvalue weighted by molar-refractivity contribution is -0.128. The van der Waals surface area contributed by atoms with Crippen LogP contribution in [0.25, 0.3) is 11.1 Å². The van der Waals surface area contributed by atoms with Crippen molar-refractivity contribution < 1.29 is 31.2 Å². The van der Waals surface area contributed by atoms with Gasteiger partial charge in [-0.1, -0.05) is 35.9 Å². The molecule has 6 nitrogen and oxygen atoms in total. The number of benzene rings is 3.